The summed E-state index contributed by atoms with van der Waals surface area (Å²) in [4.78, 5) is 30.1. The maximum Gasteiger partial charge on any atom is 0.262 e. The van der Waals surface area contributed by atoms with Gasteiger partial charge >= 0.3 is 0 Å². The van der Waals surface area contributed by atoms with Crippen molar-refractivity contribution in [2.24, 2.45) is 11.7 Å². The molecule has 0 saturated carbocycles. The van der Waals surface area contributed by atoms with Crippen LogP contribution in [0.3, 0.4) is 0 Å². The van der Waals surface area contributed by atoms with Crippen molar-refractivity contribution in [1.82, 2.24) is 14.9 Å². The van der Waals surface area contributed by atoms with Crippen LogP contribution in [-0.2, 0) is 11.3 Å². The number of hydrogen-bond donors (Lipinski definition) is 2. The molecule has 1 unspecified atom stereocenters. The molecule has 0 saturated heterocycles. The molecular weight excluding hydrogens is 396 g/mol. The van der Waals surface area contributed by atoms with Gasteiger partial charge in [-0.2, -0.15) is 0 Å². The molecule has 3 N–H and O–H groups in total. The molecule has 2 aromatic heterocycles. The van der Waals surface area contributed by atoms with Crippen molar-refractivity contribution in [3.63, 3.8) is 0 Å². The highest BCUT2D eigenvalue weighted by molar-refractivity contribution is 7.17. The van der Waals surface area contributed by atoms with Gasteiger partial charge in [-0.3, -0.25) is 14.2 Å². The molecule has 0 bridgehead atoms. The van der Waals surface area contributed by atoms with Crippen molar-refractivity contribution >= 4 is 39.9 Å². The summed E-state index contributed by atoms with van der Waals surface area (Å²) in [6, 6.07) is 8.08. The Balaban J connectivity index is 0.00000280. The molecule has 0 aliphatic carbocycles. The lowest BCUT2D eigenvalue weighted by atomic mass is 10.1. The van der Waals surface area contributed by atoms with Gasteiger partial charge in [0.05, 0.1) is 11.7 Å². The van der Waals surface area contributed by atoms with Crippen LogP contribution in [0.4, 0.5) is 0 Å². The number of rotatable bonds is 7. The van der Waals surface area contributed by atoms with Crippen LogP contribution in [0.1, 0.15) is 18.9 Å². The topological polar surface area (TPSA) is 90.0 Å². The fourth-order valence-electron chi connectivity index (χ4n) is 2.75. The third-order valence-corrected chi connectivity index (χ3v) is 5.44. The van der Waals surface area contributed by atoms with Crippen LogP contribution in [0.25, 0.3) is 21.3 Å². The lowest BCUT2D eigenvalue weighted by Crippen LogP contribution is -2.32. The number of halogens is 1. The third-order valence-electron chi connectivity index (χ3n) is 4.55. The first-order valence-corrected chi connectivity index (χ1v) is 9.88. The molecule has 0 radical (unpaired) electrons. The van der Waals surface area contributed by atoms with Gasteiger partial charge in [-0.25, -0.2) is 4.98 Å². The van der Waals surface area contributed by atoms with Gasteiger partial charge in [-0.1, -0.05) is 36.8 Å². The van der Waals surface area contributed by atoms with E-state index in [4.69, 9.17) is 5.73 Å². The fourth-order valence-corrected chi connectivity index (χ4v) is 3.66. The van der Waals surface area contributed by atoms with Gasteiger partial charge in [0.2, 0.25) is 5.91 Å². The number of carbonyl (C=O) groups excluding carboxylic acids is 1. The molecule has 3 aromatic rings. The van der Waals surface area contributed by atoms with E-state index in [0.717, 1.165) is 11.1 Å². The molecule has 6 nitrogen and oxygen atoms in total. The zero-order valence-electron chi connectivity index (χ0n) is 16.0. The van der Waals surface area contributed by atoms with Crippen LogP contribution < -0.4 is 16.6 Å². The van der Waals surface area contributed by atoms with Crippen LogP contribution in [-0.4, -0.2) is 28.5 Å². The minimum Gasteiger partial charge on any atom is -0.356 e. The van der Waals surface area contributed by atoms with Crippen LogP contribution in [0.5, 0.6) is 0 Å². The third kappa shape index (κ3) is 4.98. The number of aromatic nitrogens is 2. The number of nitrogens with one attached hydrogen (secondary N) is 1. The summed E-state index contributed by atoms with van der Waals surface area (Å²) in [6.45, 7) is 5.38. The second-order valence-electron chi connectivity index (χ2n) is 6.83. The van der Waals surface area contributed by atoms with E-state index < -0.39 is 0 Å². The Morgan fingerprint density at radius 1 is 1.32 bits per heavy atom. The molecule has 150 valence electrons. The molecule has 8 heteroatoms. The first-order chi connectivity index (χ1) is 13.0. The van der Waals surface area contributed by atoms with E-state index >= 15 is 0 Å². The Morgan fingerprint density at radius 3 is 2.71 bits per heavy atom. The molecule has 1 atom stereocenters. The largest absolute Gasteiger partial charge is 0.356 e. The Labute approximate surface area is 174 Å². The van der Waals surface area contributed by atoms with Gasteiger partial charge in [0.1, 0.15) is 4.83 Å². The molecule has 2 heterocycles. The first-order valence-electron chi connectivity index (χ1n) is 9.00. The van der Waals surface area contributed by atoms with Gasteiger partial charge in [0.15, 0.2) is 0 Å². The van der Waals surface area contributed by atoms with Crippen LogP contribution >= 0.6 is 23.7 Å². The predicted octanol–water partition coefficient (Wildman–Crippen LogP) is 2.96. The van der Waals surface area contributed by atoms with Gasteiger partial charge in [-0.15, -0.1) is 23.7 Å². The Hall–Kier alpha value is -2.22. The van der Waals surface area contributed by atoms with E-state index in [9.17, 15) is 9.59 Å². The Bertz CT molecular complexity index is 998. The number of nitrogens with two attached hydrogens (primary N) is 1. The normalized spacial score (nSPS) is 11.8. The van der Waals surface area contributed by atoms with Crippen LogP contribution in [0.2, 0.25) is 0 Å². The smallest absolute Gasteiger partial charge is 0.262 e. The minimum atomic E-state index is -0.111. The summed E-state index contributed by atoms with van der Waals surface area (Å²) >= 11 is 1.46. The molecule has 3 rings (SSSR count). The van der Waals surface area contributed by atoms with Gasteiger partial charge in [-0.05, 0) is 24.9 Å². The summed E-state index contributed by atoms with van der Waals surface area (Å²) in [5, 5.41) is 5.43. The molecular formula is C20H25ClN4O2S. The van der Waals surface area contributed by atoms with Crippen LogP contribution in [0.15, 0.2) is 40.8 Å². The van der Waals surface area contributed by atoms with E-state index in [1.54, 1.807) is 0 Å². The fraction of sp³-hybridized carbons (Fsp3) is 0.350. The molecule has 0 fully saturated rings. The highest BCUT2D eigenvalue weighted by Crippen LogP contribution is 2.30. The van der Waals surface area contributed by atoms with E-state index in [1.807, 2.05) is 43.5 Å². The van der Waals surface area contributed by atoms with Gasteiger partial charge < -0.3 is 11.1 Å². The second kappa shape index (κ2) is 9.82. The van der Waals surface area contributed by atoms with Crippen LogP contribution in [0, 0.1) is 12.8 Å². The summed E-state index contributed by atoms with van der Waals surface area (Å²) in [6.07, 6.45) is 1.75. The average Bonchev–Trinajstić information content (AvgIpc) is 3.11. The van der Waals surface area contributed by atoms with Crippen molar-refractivity contribution in [3.8, 4) is 11.1 Å². The predicted molar refractivity (Wildman–Crippen MR) is 117 cm³/mol. The van der Waals surface area contributed by atoms with E-state index in [1.165, 1.54) is 27.8 Å². The van der Waals surface area contributed by atoms with Crippen molar-refractivity contribution < 1.29 is 4.79 Å². The number of carbonyl (C=O) groups is 1. The average molecular weight is 421 g/mol. The van der Waals surface area contributed by atoms with Crippen molar-refractivity contribution in [2.45, 2.75) is 26.8 Å². The van der Waals surface area contributed by atoms with Crippen molar-refractivity contribution in [1.29, 1.82) is 0 Å². The number of benzene rings is 1. The van der Waals surface area contributed by atoms with Crippen molar-refractivity contribution in [3.05, 3.63) is 51.9 Å². The SMILES string of the molecule is Cc1ccc(-c2csc3ncn(CCC(=O)NCC(C)CN)c(=O)c23)cc1.Cl. The Kier molecular flexibility index (Phi) is 7.74. The summed E-state index contributed by atoms with van der Waals surface area (Å²) in [5.41, 5.74) is 8.50. The highest BCUT2D eigenvalue weighted by Gasteiger charge is 2.14. The van der Waals surface area contributed by atoms with Gasteiger partial charge in [0, 0.05) is 30.5 Å². The molecule has 28 heavy (non-hydrogen) atoms. The first kappa shape index (κ1) is 22.1. The minimum absolute atomic E-state index is 0. The van der Waals surface area contributed by atoms with E-state index in [-0.39, 0.29) is 36.2 Å². The Morgan fingerprint density at radius 2 is 2.04 bits per heavy atom. The zero-order valence-corrected chi connectivity index (χ0v) is 17.6. The number of hydrogen-bond acceptors (Lipinski definition) is 5. The second-order valence-corrected chi connectivity index (χ2v) is 7.69. The molecule has 1 aromatic carbocycles. The number of fused-ring (bicyclic) bond motifs is 1. The molecule has 0 aliphatic rings. The monoisotopic (exact) mass is 420 g/mol. The van der Waals surface area contributed by atoms with E-state index in [2.05, 4.69) is 10.3 Å². The maximum atomic E-state index is 13.0. The number of nitrogens with zero attached hydrogens (tertiary/aromatic N) is 2. The number of amides is 1. The summed E-state index contributed by atoms with van der Waals surface area (Å²) < 4.78 is 1.51. The molecule has 0 aliphatic heterocycles. The summed E-state index contributed by atoms with van der Waals surface area (Å²) in [7, 11) is 0. The van der Waals surface area contributed by atoms with Crippen molar-refractivity contribution in [2.75, 3.05) is 13.1 Å². The lowest BCUT2D eigenvalue weighted by Gasteiger charge is -2.10. The van der Waals surface area contributed by atoms with Gasteiger partial charge in [0.25, 0.3) is 5.56 Å². The molecule has 0 spiro atoms. The zero-order chi connectivity index (χ0) is 19.4. The molecule has 1 amide bonds. The van der Waals surface area contributed by atoms with E-state index in [0.29, 0.717) is 29.9 Å². The number of aryl methyl sites for hydroxylation is 2. The maximum absolute atomic E-state index is 13.0. The summed E-state index contributed by atoms with van der Waals surface area (Å²) in [5.74, 6) is 0.143. The standard InChI is InChI=1S/C20H24N4O2S.ClH/c1-13-3-5-15(6-4-13)16-11-27-19-18(16)20(26)24(12-23-19)8-7-17(25)22-10-14(2)9-21;/h3-6,11-12,14H,7-10,21H2,1-2H3,(H,22,25);1H. The number of thiophene rings is 1. The lowest BCUT2D eigenvalue weighted by molar-refractivity contribution is -0.121. The highest BCUT2D eigenvalue weighted by atomic mass is 35.5. The quantitative estimate of drug-likeness (QED) is 0.614.